The number of hydrogen-bond acceptors (Lipinski definition) is 2. The lowest BCUT2D eigenvalue weighted by atomic mass is 9.76. The van der Waals surface area contributed by atoms with E-state index in [-0.39, 0.29) is 0 Å². The Bertz CT molecular complexity index is 232. The van der Waals surface area contributed by atoms with Crippen molar-refractivity contribution in [2.45, 2.75) is 66.0 Å². The monoisotopic (exact) mass is 240 g/mol. The molecule has 1 aliphatic rings. The summed E-state index contributed by atoms with van der Waals surface area (Å²) in [6.07, 6.45) is 3.98. The lowest BCUT2D eigenvalue weighted by Crippen LogP contribution is -2.51. The Hall–Kier alpha value is -0.0800. The zero-order chi connectivity index (χ0) is 13.2. The standard InChI is InChI=1S/C15H32N2/c1-11-7-8-13(10-16)14(9-11)17(6)12(2)15(3,4)5/h11-14H,7-10,16H2,1-6H3. The molecule has 0 bridgehead atoms. The van der Waals surface area contributed by atoms with Crippen molar-refractivity contribution in [1.29, 1.82) is 0 Å². The molecule has 0 saturated heterocycles. The molecule has 0 aromatic rings. The summed E-state index contributed by atoms with van der Waals surface area (Å²) >= 11 is 0. The van der Waals surface area contributed by atoms with Gasteiger partial charge in [0.2, 0.25) is 0 Å². The van der Waals surface area contributed by atoms with Gasteiger partial charge in [0.05, 0.1) is 0 Å². The third-order valence-electron chi connectivity index (χ3n) is 4.91. The van der Waals surface area contributed by atoms with Crippen LogP contribution in [0.25, 0.3) is 0 Å². The minimum Gasteiger partial charge on any atom is -0.330 e. The lowest BCUT2D eigenvalue weighted by molar-refractivity contribution is 0.0361. The molecular weight excluding hydrogens is 208 g/mol. The van der Waals surface area contributed by atoms with Crippen LogP contribution in [0.4, 0.5) is 0 Å². The predicted molar refractivity (Wildman–Crippen MR) is 76.0 cm³/mol. The Morgan fingerprint density at radius 1 is 1.29 bits per heavy atom. The van der Waals surface area contributed by atoms with Crippen LogP contribution in [0.15, 0.2) is 0 Å². The first-order valence-electron chi connectivity index (χ1n) is 7.19. The van der Waals surface area contributed by atoms with E-state index in [1.165, 1.54) is 19.3 Å². The van der Waals surface area contributed by atoms with E-state index < -0.39 is 0 Å². The molecule has 1 fully saturated rings. The number of nitrogens with two attached hydrogens (primary N) is 1. The van der Waals surface area contributed by atoms with Crippen LogP contribution in [0.5, 0.6) is 0 Å². The average Bonchev–Trinajstić information content (AvgIpc) is 2.25. The molecule has 0 radical (unpaired) electrons. The van der Waals surface area contributed by atoms with Crippen LogP contribution in [0, 0.1) is 17.3 Å². The Labute approximate surface area is 108 Å². The van der Waals surface area contributed by atoms with Crippen LogP contribution >= 0.6 is 0 Å². The number of rotatable bonds is 3. The average molecular weight is 240 g/mol. The Morgan fingerprint density at radius 2 is 1.88 bits per heavy atom. The molecule has 2 N–H and O–H groups in total. The van der Waals surface area contributed by atoms with Crippen LogP contribution in [-0.4, -0.2) is 30.6 Å². The normalized spacial score (nSPS) is 32.8. The molecular formula is C15H32N2. The second-order valence-electron chi connectivity index (χ2n) is 7.19. The predicted octanol–water partition coefficient (Wildman–Crippen LogP) is 3.12. The maximum absolute atomic E-state index is 5.96. The van der Waals surface area contributed by atoms with Gasteiger partial charge in [-0.2, -0.15) is 0 Å². The molecule has 4 atom stereocenters. The number of hydrogen-bond donors (Lipinski definition) is 1. The van der Waals surface area contributed by atoms with Gasteiger partial charge in [0, 0.05) is 12.1 Å². The largest absolute Gasteiger partial charge is 0.330 e. The SMILES string of the molecule is CC1CCC(CN)C(N(C)C(C)C(C)(C)C)C1. The van der Waals surface area contributed by atoms with E-state index in [0.29, 0.717) is 23.4 Å². The fourth-order valence-electron chi connectivity index (χ4n) is 3.09. The molecule has 1 saturated carbocycles. The maximum Gasteiger partial charge on any atom is 0.0138 e. The van der Waals surface area contributed by atoms with Crippen LogP contribution in [0.3, 0.4) is 0 Å². The number of nitrogens with zero attached hydrogens (tertiary/aromatic N) is 1. The second kappa shape index (κ2) is 5.71. The first-order chi connectivity index (χ1) is 7.77. The Balaban J connectivity index is 2.73. The van der Waals surface area contributed by atoms with Gasteiger partial charge < -0.3 is 5.73 Å². The third-order valence-corrected chi connectivity index (χ3v) is 4.91. The molecule has 0 aromatic carbocycles. The van der Waals surface area contributed by atoms with Gasteiger partial charge in [0.25, 0.3) is 0 Å². The molecule has 1 rings (SSSR count). The molecule has 0 aliphatic heterocycles. The molecule has 2 nitrogen and oxygen atoms in total. The summed E-state index contributed by atoms with van der Waals surface area (Å²) in [5.41, 5.74) is 6.30. The van der Waals surface area contributed by atoms with Crippen molar-refractivity contribution in [1.82, 2.24) is 4.90 Å². The summed E-state index contributed by atoms with van der Waals surface area (Å²) in [6, 6.07) is 1.28. The Morgan fingerprint density at radius 3 is 2.35 bits per heavy atom. The zero-order valence-corrected chi connectivity index (χ0v) is 12.7. The quantitative estimate of drug-likeness (QED) is 0.821. The summed E-state index contributed by atoms with van der Waals surface area (Å²) in [5, 5.41) is 0. The van der Waals surface area contributed by atoms with E-state index in [1.807, 2.05) is 0 Å². The van der Waals surface area contributed by atoms with Crippen molar-refractivity contribution in [2.75, 3.05) is 13.6 Å². The highest BCUT2D eigenvalue weighted by Gasteiger charge is 2.35. The van der Waals surface area contributed by atoms with Crippen LogP contribution in [-0.2, 0) is 0 Å². The van der Waals surface area contributed by atoms with Gasteiger partial charge in [-0.05, 0) is 50.6 Å². The summed E-state index contributed by atoms with van der Waals surface area (Å²) in [5.74, 6) is 1.55. The zero-order valence-electron chi connectivity index (χ0n) is 12.7. The van der Waals surface area contributed by atoms with Crippen molar-refractivity contribution >= 4 is 0 Å². The van der Waals surface area contributed by atoms with Gasteiger partial charge in [0.1, 0.15) is 0 Å². The Kier molecular flexibility index (Phi) is 5.03. The van der Waals surface area contributed by atoms with Gasteiger partial charge in [-0.3, -0.25) is 4.90 Å². The summed E-state index contributed by atoms with van der Waals surface area (Å²) < 4.78 is 0. The van der Waals surface area contributed by atoms with Gasteiger partial charge >= 0.3 is 0 Å². The highest BCUT2D eigenvalue weighted by Crippen LogP contribution is 2.34. The smallest absolute Gasteiger partial charge is 0.0138 e. The van der Waals surface area contributed by atoms with Crippen LogP contribution < -0.4 is 5.73 Å². The van der Waals surface area contributed by atoms with E-state index in [1.54, 1.807) is 0 Å². The molecule has 0 aromatic heterocycles. The molecule has 17 heavy (non-hydrogen) atoms. The van der Waals surface area contributed by atoms with Gasteiger partial charge in [0.15, 0.2) is 0 Å². The molecule has 1 aliphatic carbocycles. The molecule has 102 valence electrons. The first-order valence-corrected chi connectivity index (χ1v) is 7.19. The minimum atomic E-state index is 0.342. The van der Waals surface area contributed by atoms with Crippen molar-refractivity contribution < 1.29 is 0 Å². The molecule has 2 heteroatoms. The van der Waals surface area contributed by atoms with Gasteiger partial charge in [-0.1, -0.05) is 34.1 Å². The van der Waals surface area contributed by atoms with E-state index in [4.69, 9.17) is 5.73 Å². The van der Waals surface area contributed by atoms with Gasteiger partial charge in [-0.25, -0.2) is 0 Å². The highest BCUT2D eigenvalue weighted by atomic mass is 15.2. The van der Waals surface area contributed by atoms with Crippen LogP contribution in [0.2, 0.25) is 0 Å². The molecule has 0 heterocycles. The summed E-state index contributed by atoms with van der Waals surface area (Å²) in [4.78, 5) is 2.59. The summed E-state index contributed by atoms with van der Waals surface area (Å²) in [6.45, 7) is 12.6. The fraction of sp³-hybridized carbons (Fsp3) is 1.00. The van der Waals surface area contributed by atoms with Crippen LogP contribution in [0.1, 0.15) is 53.9 Å². The topological polar surface area (TPSA) is 29.3 Å². The fourth-order valence-corrected chi connectivity index (χ4v) is 3.09. The van der Waals surface area contributed by atoms with Crippen molar-refractivity contribution in [3.8, 4) is 0 Å². The maximum atomic E-state index is 5.96. The van der Waals surface area contributed by atoms with E-state index in [0.717, 1.165) is 12.5 Å². The molecule has 0 amide bonds. The molecule has 4 unspecified atom stereocenters. The lowest BCUT2D eigenvalue weighted by Gasteiger charge is -2.46. The van der Waals surface area contributed by atoms with Crippen molar-refractivity contribution in [2.24, 2.45) is 23.0 Å². The van der Waals surface area contributed by atoms with E-state index in [9.17, 15) is 0 Å². The summed E-state index contributed by atoms with van der Waals surface area (Å²) in [7, 11) is 2.29. The van der Waals surface area contributed by atoms with Crippen molar-refractivity contribution in [3.63, 3.8) is 0 Å². The second-order valence-corrected chi connectivity index (χ2v) is 7.19. The molecule has 0 spiro atoms. The minimum absolute atomic E-state index is 0.342. The van der Waals surface area contributed by atoms with E-state index >= 15 is 0 Å². The highest BCUT2D eigenvalue weighted by molar-refractivity contribution is 4.89. The van der Waals surface area contributed by atoms with Gasteiger partial charge in [-0.15, -0.1) is 0 Å². The van der Waals surface area contributed by atoms with Crippen molar-refractivity contribution in [3.05, 3.63) is 0 Å². The van der Waals surface area contributed by atoms with E-state index in [2.05, 4.69) is 46.6 Å². The first kappa shape index (κ1) is 15.0. The third kappa shape index (κ3) is 3.69.